The summed E-state index contributed by atoms with van der Waals surface area (Å²) >= 11 is 10.8. The number of nitrogens with zero attached hydrogens (tertiary/aromatic N) is 3. The lowest BCUT2D eigenvalue weighted by Gasteiger charge is -2.11. The van der Waals surface area contributed by atoms with E-state index >= 15 is 0 Å². The van der Waals surface area contributed by atoms with Crippen molar-refractivity contribution in [2.75, 3.05) is 5.32 Å². The summed E-state index contributed by atoms with van der Waals surface area (Å²) in [6.45, 7) is 1.69. The number of hydrogen-bond donors (Lipinski definition) is 2. The van der Waals surface area contributed by atoms with E-state index in [1.807, 2.05) is 6.07 Å². The van der Waals surface area contributed by atoms with Gasteiger partial charge in [0.15, 0.2) is 5.82 Å². The molecule has 0 saturated heterocycles. The molecule has 10 heteroatoms. The molecule has 25 heavy (non-hydrogen) atoms. The Bertz CT molecular complexity index is 898. The van der Waals surface area contributed by atoms with Gasteiger partial charge in [-0.15, -0.1) is 16.4 Å². The largest absolute Gasteiger partial charge is 0.363 e. The van der Waals surface area contributed by atoms with Gasteiger partial charge in [-0.2, -0.15) is 4.98 Å². The zero-order valence-corrected chi connectivity index (χ0v) is 16.3. The van der Waals surface area contributed by atoms with Crippen LogP contribution in [0.4, 0.5) is 14.6 Å². The predicted octanol–water partition coefficient (Wildman–Crippen LogP) is 4.19. The number of nitrogens with one attached hydrogen (secondary N) is 1. The Labute approximate surface area is 160 Å². The highest BCUT2D eigenvalue weighted by Gasteiger charge is 2.19. The van der Waals surface area contributed by atoms with Gasteiger partial charge < -0.3 is 11.1 Å². The van der Waals surface area contributed by atoms with Gasteiger partial charge in [0, 0.05) is 6.04 Å². The van der Waals surface area contributed by atoms with Crippen molar-refractivity contribution in [3.05, 3.63) is 43.7 Å². The van der Waals surface area contributed by atoms with Crippen molar-refractivity contribution < 1.29 is 8.78 Å². The van der Waals surface area contributed by atoms with E-state index in [0.717, 1.165) is 5.56 Å². The molecular formula is C15H15BrClF2N5S. The van der Waals surface area contributed by atoms with Crippen LogP contribution in [0.5, 0.6) is 0 Å². The Balaban J connectivity index is 1.94. The van der Waals surface area contributed by atoms with Crippen LogP contribution in [0.1, 0.15) is 17.4 Å². The summed E-state index contributed by atoms with van der Waals surface area (Å²) < 4.78 is 29.2. The average molecular weight is 451 g/mol. The van der Waals surface area contributed by atoms with Gasteiger partial charge >= 0.3 is 0 Å². The Morgan fingerprint density at radius 1 is 1.52 bits per heavy atom. The topological polar surface area (TPSA) is 68.2 Å². The Kier molecular flexibility index (Phi) is 5.57. The summed E-state index contributed by atoms with van der Waals surface area (Å²) in [5.74, 6) is 0.190. The van der Waals surface area contributed by atoms with Gasteiger partial charge in [0.25, 0.3) is 0 Å². The van der Waals surface area contributed by atoms with Gasteiger partial charge in [0.1, 0.15) is 22.1 Å². The van der Waals surface area contributed by atoms with E-state index in [0.29, 0.717) is 27.2 Å². The fourth-order valence-corrected chi connectivity index (χ4v) is 3.75. The minimum Gasteiger partial charge on any atom is -0.363 e. The van der Waals surface area contributed by atoms with Crippen LogP contribution in [0.2, 0.25) is 5.28 Å². The van der Waals surface area contributed by atoms with Crippen LogP contribution in [-0.4, -0.2) is 26.8 Å². The molecular weight excluding hydrogens is 436 g/mol. The Hall–Kier alpha value is -1.29. The standard InChI is InChI=1S/C15H15BrClF2N5S/c1-7(18)10(20)4-8-5-11-14(21-6-12-9(19)2-3-25-12)22-15(17)23-24(11)13(8)16/h2-3,5,7,10H,4,6,20H2,1H3,(H,21,22,23)/t7-,10+/m0/s1. The fourth-order valence-electron chi connectivity index (χ4n) is 2.35. The average Bonchev–Trinajstić information content (AvgIpc) is 3.10. The van der Waals surface area contributed by atoms with E-state index in [1.165, 1.54) is 24.3 Å². The second kappa shape index (κ2) is 7.53. The zero-order valence-electron chi connectivity index (χ0n) is 13.1. The van der Waals surface area contributed by atoms with Crippen molar-refractivity contribution in [2.24, 2.45) is 5.73 Å². The van der Waals surface area contributed by atoms with Crippen LogP contribution in [-0.2, 0) is 13.0 Å². The molecule has 0 amide bonds. The maximum atomic E-state index is 13.6. The molecule has 0 aliphatic heterocycles. The molecule has 3 rings (SSSR count). The Morgan fingerprint density at radius 3 is 2.92 bits per heavy atom. The van der Waals surface area contributed by atoms with Crippen LogP contribution in [0, 0.1) is 5.82 Å². The third-order valence-corrected chi connectivity index (χ3v) is 5.67. The van der Waals surface area contributed by atoms with Gasteiger partial charge in [0.05, 0.1) is 11.4 Å². The third kappa shape index (κ3) is 3.94. The summed E-state index contributed by atoms with van der Waals surface area (Å²) in [6, 6.07) is 2.60. The van der Waals surface area contributed by atoms with Crippen molar-refractivity contribution in [2.45, 2.75) is 32.1 Å². The Morgan fingerprint density at radius 2 is 2.28 bits per heavy atom. The number of rotatable bonds is 6. The maximum Gasteiger partial charge on any atom is 0.243 e. The van der Waals surface area contributed by atoms with Gasteiger partial charge in [-0.3, -0.25) is 0 Å². The van der Waals surface area contributed by atoms with Gasteiger partial charge in [-0.25, -0.2) is 13.3 Å². The van der Waals surface area contributed by atoms with E-state index in [-0.39, 0.29) is 17.6 Å². The number of hydrogen-bond acceptors (Lipinski definition) is 5. The predicted molar refractivity (Wildman–Crippen MR) is 99.6 cm³/mol. The first-order chi connectivity index (χ1) is 11.9. The van der Waals surface area contributed by atoms with Crippen molar-refractivity contribution >= 4 is 50.2 Å². The van der Waals surface area contributed by atoms with E-state index in [2.05, 4.69) is 31.3 Å². The summed E-state index contributed by atoms with van der Waals surface area (Å²) in [6.07, 6.45) is -0.804. The molecule has 2 atom stereocenters. The molecule has 0 aliphatic rings. The van der Waals surface area contributed by atoms with Gasteiger partial charge in [0.2, 0.25) is 5.28 Å². The highest BCUT2D eigenvalue weighted by molar-refractivity contribution is 9.10. The lowest BCUT2D eigenvalue weighted by molar-refractivity contribution is 0.304. The van der Waals surface area contributed by atoms with Crippen LogP contribution < -0.4 is 11.1 Å². The van der Waals surface area contributed by atoms with Crippen LogP contribution in [0.15, 0.2) is 22.1 Å². The molecule has 0 fully saturated rings. The number of nitrogens with two attached hydrogens (primary N) is 1. The normalized spacial score (nSPS) is 14.0. The molecule has 0 radical (unpaired) electrons. The number of thiophene rings is 1. The molecule has 3 heterocycles. The highest BCUT2D eigenvalue weighted by atomic mass is 79.9. The fraction of sp³-hybridized carbons (Fsp3) is 0.333. The first kappa shape index (κ1) is 18.5. The summed E-state index contributed by atoms with van der Waals surface area (Å²) in [7, 11) is 0. The van der Waals surface area contributed by atoms with E-state index in [9.17, 15) is 8.78 Å². The SMILES string of the molecule is C[C@H](F)[C@H](N)Cc1cc2c(NCc3sccc3F)nc(Cl)nn2c1Br. The summed E-state index contributed by atoms with van der Waals surface area (Å²) in [5.41, 5.74) is 7.25. The van der Waals surface area contributed by atoms with Crippen molar-refractivity contribution in [1.82, 2.24) is 14.6 Å². The molecule has 0 saturated carbocycles. The highest BCUT2D eigenvalue weighted by Crippen LogP contribution is 2.28. The quantitative estimate of drug-likeness (QED) is 0.591. The number of halogens is 4. The van der Waals surface area contributed by atoms with E-state index in [1.54, 1.807) is 9.90 Å². The molecule has 0 spiro atoms. The minimum atomic E-state index is -1.14. The van der Waals surface area contributed by atoms with Crippen LogP contribution in [0.25, 0.3) is 5.52 Å². The first-order valence-corrected chi connectivity index (χ1v) is 9.51. The lowest BCUT2D eigenvalue weighted by Crippen LogP contribution is -2.31. The molecule has 3 aromatic rings. The van der Waals surface area contributed by atoms with Crippen molar-refractivity contribution in [3.8, 4) is 0 Å². The molecule has 0 aliphatic carbocycles. The van der Waals surface area contributed by atoms with Crippen LogP contribution in [0.3, 0.4) is 0 Å². The minimum absolute atomic E-state index is 0.0349. The molecule has 0 bridgehead atoms. The van der Waals surface area contributed by atoms with Crippen molar-refractivity contribution in [1.29, 1.82) is 0 Å². The molecule has 3 N–H and O–H groups in total. The smallest absolute Gasteiger partial charge is 0.243 e. The van der Waals surface area contributed by atoms with Crippen LogP contribution >= 0.6 is 38.9 Å². The maximum absolute atomic E-state index is 13.6. The first-order valence-electron chi connectivity index (χ1n) is 7.46. The monoisotopic (exact) mass is 449 g/mol. The number of anilines is 1. The van der Waals surface area contributed by atoms with E-state index in [4.69, 9.17) is 17.3 Å². The molecule has 134 valence electrons. The second-order valence-electron chi connectivity index (χ2n) is 5.58. The molecule has 3 aromatic heterocycles. The lowest BCUT2D eigenvalue weighted by atomic mass is 10.1. The zero-order chi connectivity index (χ0) is 18.1. The second-order valence-corrected chi connectivity index (χ2v) is 7.67. The number of alkyl halides is 1. The van der Waals surface area contributed by atoms with Gasteiger partial charge in [-0.05, 0) is 64.0 Å². The molecule has 0 aromatic carbocycles. The summed E-state index contributed by atoms with van der Waals surface area (Å²) in [4.78, 5) is 4.74. The molecule has 0 unspecified atom stereocenters. The molecule has 5 nitrogen and oxygen atoms in total. The third-order valence-electron chi connectivity index (χ3n) is 3.77. The van der Waals surface area contributed by atoms with Gasteiger partial charge in [-0.1, -0.05) is 0 Å². The summed E-state index contributed by atoms with van der Waals surface area (Å²) in [5, 5.41) is 8.94. The number of aromatic nitrogens is 3. The number of fused-ring (bicyclic) bond motifs is 1. The van der Waals surface area contributed by atoms with E-state index < -0.39 is 12.2 Å². The van der Waals surface area contributed by atoms with Crippen molar-refractivity contribution in [3.63, 3.8) is 0 Å².